The Kier molecular flexibility index (Phi) is 25.0. The van der Waals surface area contributed by atoms with Crippen molar-refractivity contribution in [3.63, 3.8) is 0 Å². The average Bonchev–Trinajstić information content (AvgIpc) is 3.41. The molecule has 0 saturated carbocycles. The van der Waals surface area contributed by atoms with E-state index in [2.05, 4.69) is 65.9 Å². The lowest BCUT2D eigenvalue weighted by Gasteiger charge is -2.39. The van der Waals surface area contributed by atoms with Gasteiger partial charge in [-0.2, -0.15) is 0 Å². The third-order valence-electron chi connectivity index (χ3n) is 13.0. The summed E-state index contributed by atoms with van der Waals surface area (Å²) in [6.45, 7) is 4.75. The van der Waals surface area contributed by atoms with Crippen molar-refractivity contribution in [2.45, 2.75) is 71.5 Å². The molecule has 0 spiro atoms. The molecule has 4 aromatic heterocycles. The van der Waals surface area contributed by atoms with Crippen molar-refractivity contribution in [2.75, 3.05) is 111 Å². The maximum atomic E-state index is 15.3. The highest BCUT2D eigenvalue weighted by molar-refractivity contribution is 6.34. The normalized spacial score (nSPS) is 18.2. The smallest absolute Gasteiger partial charge is 0.223 e. The van der Waals surface area contributed by atoms with E-state index in [1.54, 1.807) is 20.4 Å². The lowest BCUT2D eigenvalue weighted by Crippen LogP contribution is -2.52. The molecule has 440 valence electrons. The van der Waals surface area contributed by atoms with E-state index in [0.717, 1.165) is 25.2 Å². The summed E-state index contributed by atoms with van der Waals surface area (Å²) in [6, 6.07) is 3.90. The van der Waals surface area contributed by atoms with Gasteiger partial charge in [-0.3, -0.25) is 0 Å². The summed E-state index contributed by atoms with van der Waals surface area (Å²) in [6.07, 6.45) is 4.61. The molecule has 0 amide bonds. The van der Waals surface area contributed by atoms with E-state index in [1.165, 1.54) is 46.8 Å². The Balaban J connectivity index is 0.000000304. The standard InChI is InChI=1S/C24H26F2N8O4.C20H18ClF2N7O3.C4H9NO.3CH4.ClH/c1-35-13-9-34(10-13)23-22-12(8-28-24(31-22)30-16-11-38-5-4-14(16)32-33-27)6-15(29-23)19-20(25)17(36-2)7-18(37-3)21(19)26;1-31-13-6-14(32-2)17(23)15(16(13)22)11-5-9-7-25-20(28-18(9)19(21)26-11)27-12-8-33-4-3-10(12)29-30-24;1-6-4-2-5-3-4;;;;/h6-8,13-14,16H,4-5,9-11H2,1-3H3,(H,28,30,31);5-7,10,12H,3-4,8H2,1-2H3,(H,25,27,28);4-5H,2-3H2,1H3;3*1H4;1H/t14-,16+;10-,12+;;;;;/m00...../s1. The van der Waals surface area contributed by atoms with Crippen LogP contribution >= 0.6 is 24.0 Å². The second kappa shape index (κ2) is 30.5. The van der Waals surface area contributed by atoms with Crippen molar-refractivity contribution >= 4 is 63.5 Å². The summed E-state index contributed by atoms with van der Waals surface area (Å²) >= 11 is 6.33. The fraction of sp³-hybridized carbons (Fsp3) is 0.490. The quantitative estimate of drug-likeness (QED) is 0.0283. The first-order valence-corrected chi connectivity index (χ1v) is 24.2. The Bertz CT molecular complexity index is 3140. The lowest BCUT2D eigenvalue weighted by molar-refractivity contribution is 0.0600. The van der Waals surface area contributed by atoms with E-state index in [9.17, 15) is 8.78 Å². The van der Waals surface area contributed by atoms with Gasteiger partial charge < -0.3 is 58.7 Å². The van der Waals surface area contributed by atoms with Crippen LogP contribution in [0.1, 0.15) is 35.1 Å². The maximum Gasteiger partial charge on any atom is 0.223 e. The molecule has 24 nitrogen and oxygen atoms in total. The zero-order valence-electron chi connectivity index (χ0n) is 42.9. The summed E-state index contributed by atoms with van der Waals surface area (Å²) in [5.74, 6) is -3.54. The van der Waals surface area contributed by atoms with E-state index < -0.39 is 28.8 Å². The molecule has 0 aliphatic carbocycles. The second-order valence-electron chi connectivity index (χ2n) is 17.5. The largest absolute Gasteiger partial charge is 0.494 e. The number of aromatic nitrogens is 6. The Morgan fingerprint density at radius 1 is 0.630 bits per heavy atom. The van der Waals surface area contributed by atoms with E-state index in [4.69, 9.17) is 60.6 Å². The van der Waals surface area contributed by atoms with Crippen molar-refractivity contribution < 1.29 is 55.5 Å². The van der Waals surface area contributed by atoms with Crippen LogP contribution in [-0.2, 0) is 18.9 Å². The number of anilines is 3. The predicted octanol–water partition coefficient (Wildman–Crippen LogP) is 10.2. The topological polar surface area (TPSA) is 288 Å². The number of azide groups is 2. The first kappa shape index (κ1) is 66.3. The van der Waals surface area contributed by atoms with Crippen LogP contribution in [0.25, 0.3) is 65.2 Å². The third-order valence-corrected chi connectivity index (χ3v) is 13.2. The highest BCUT2D eigenvalue weighted by Crippen LogP contribution is 2.41. The Morgan fingerprint density at radius 2 is 1.05 bits per heavy atom. The summed E-state index contributed by atoms with van der Waals surface area (Å²) < 4.78 is 102. The number of rotatable bonds is 15. The van der Waals surface area contributed by atoms with Crippen molar-refractivity contribution in [3.8, 4) is 45.5 Å². The minimum absolute atomic E-state index is 0. The number of benzene rings is 2. The summed E-state index contributed by atoms with van der Waals surface area (Å²) in [5, 5.41) is 17.8. The van der Waals surface area contributed by atoms with Gasteiger partial charge in [-0.15, -0.1) is 12.4 Å². The zero-order valence-corrected chi connectivity index (χ0v) is 44.4. The molecule has 4 aliphatic rings. The van der Waals surface area contributed by atoms with Gasteiger partial charge >= 0.3 is 0 Å². The molecule has 3 N–H and O–H groups in total. The molecule has 10 rings (SSSR count). The highest BCUT2D eigenvalue weighted by atomic mass is 35.5. The fourth-order valence-corrected chi connectivity index (χ4v) is 8.76. The van der Waals surface area contributed by atoms with Gasteiger partial charge in [0.1, 0.15) is 11.0 Å². The summed E-state index contributed by atoms with van der Waals surface area (Å²) in [5.41, 5.74) is 17.6. The Labute approximate surface area is 476 Å². The van der Waals surface area contributed by atoms with Gasteiger partial charge in [0.15, 0.2) is 57.2 Å². The minimum atomic E-state index is -0.945. The molecule has 30 heteroatoms. The number of hydrogen-bond donors (Lipinski definition) is 3. The molecular formula is C51H66Cl2F4N16O8. The van der Waals surface area contributed by atoms with Gasteiger partial charge in [-0.25, -0.2) is 47.5 Å². The zero-order chi connectivity index (χ0) is 54.8. The first-order chi connectivity index (χ1) is 37.4. The molecule has 8 heterocycles. The SMILES string of the molecule is C.C.C.COC1CNC1.COc1cc(OC)c(F)c(-c2cc3cnc(N[C@@H]4COCC[C@@H]4N=[N+]=[N-])nc3c(Cl)n2)c1F.COc1cc(OC)c(F)c(-c2cc3cnc(N[C@@H]4COCC[C@@H]4N=[N+]=[N-])nc3c(N3CC(OC)C3)n2)c1F.Cl. The molecule has 4 aliphatic heterocycles. The van der Waals surface area contributed by atoms with Crippen molar-refractivity contribution in [1.29, 1.82) is 0 Å². The van der Waals surface area contributed by atoms with Crippen LogP contribution in [0.4, 0.5) is 35.3 Å². The van der Waals surface area contributed by atoms with E-state index in [1.807, 2.05) is 4.90 Å². The molecular weight excluding hydrogens is 1110 g/mol. The van der Waals surface area contributed by atoms with Crippen LogP contribution < -0.4 is 39.8 Å². The number of ether oxygens (including phenoxy) is 8. The van der Waals surface area contributed by atoms with E-state index in [-0.39, 0.29) is 127 Å². The predicted molar refractivity (Wildman–Crippen MR) is 302 cm³/mol. The van der Waals surface area contributed by atoms with Crippen molar-refractivity contribution in [3.05, 3.63) is 86.0 Å². The first-order valence-electron chi connectivity index (χ1n) is 23.9. The molecule has 4 atom stereocenters. The number of methoxy groups -OCH3 is 6. The van der Waals surface area contributed by atoms with Crippen molar-refractivity contribution in [1.82, 2.24) is 35.2 Å². The third kappa shape index (κ3) is 14.8. The molecule has 0 unspecified atom stereocenters. The molecule has 0 radical (unpaired) electrons. The monoisotopic (exact) mass is 1180 g/mol. The van der Waals surface area contributed by atoms with Gasteiger partial charge in [-0.05, 0) is 36.0 Å². The highest BCUT2D eigenvalue weighted by Gasteiger charge is 2.33. The maximum absolute atomic E-state index is 15.3. The van der Waals surface area contributed by atoms with Gasteiger partial charge in [-0.1, -0.05) is 44.1 Å². The second-order valence-corrected chi connectivity index (χ2v) is 17.9. The molecule has 2 aromatic carbocycles. The minimum Gasteiger partial charge on any atom is -0.494 e. The van der Waals surface area contributed by atoms with E-state index >= 15 is 8.78 Å². The molecule has 4 fully saturated rings. The number of nitrogens with one attached hydrogen (secondary N) is 3. The van der Waals surface area contributed by atoms with Gasteiger partial charge in [0, 0.05) is 98.7 Å². The Hall–Kier alpha value is -7.26. The molecule has 4 saturated heterocycles. The lowest BCUT2D eigenvalue weighted by atomic mass is 10.0. The van der Waals surface area contributed by atoms with Gasteiger partial charge in [0.05, 0.1) is 101 Å². The molecule has 0 bridgehead atoms. The van der Waals surface area contributed by atoms with Crippen molar-refractivity contribution in [2.24, 2.45) is 10.2 Å². The van der Waals surface area contributed by atoms with Crippen LogP contribution in [-0.4, -0.2) is 162 Å². The fourth-order valence-electron chi connectivity index (χ4n) is 8.52. The summed E-state index contributed by atoms with van der Waals surface area (Å²) in [4.78, 5) is 34.2. The molecule has 6 aromatic rings. The van der Waals surface area contributed by atoms with Crippen LogP contribution in [0.15, 0.2) is 46.9 Å². The van der Waals surface area contributed by atoms with Crippen LogP contribution in [0.3, 0.4) is 0 Å². The van der Waals surface area contributed by atoms with Crippen LogP contribution in [0.5, 0.6) is 23.0 Å². The molecule has 81 heavy (non-hydrogen) atoms. The van der Waals surface area contributed by atoms with Gasteiger partial charge in [0.2, 0.25) is 11.9 Å². The number of pyridine rings is 2. The number of hydrogen-bond acceptors (Lipinski definition) is 20. The summed E-state index contributed by atoms with van der Waals surface area (Å²) in [7, 11) is 8.45. The number of fused-ring (bicyclic) bond motifs is 2. The van der Waals surface area contributed by atoms with E-state index in [0.29, 0.717) is 80.6 Å². The average molecular weight is 1180 g/mol. The number of halogens is 6. The van der Waals surface area contributed by atoms with Crippen LogP contribution in [0.2, 0.25) is 5.15 Å². The van der Waals surface area contributed by atoms with Gasteiger partial charge in [0.25, 0.3) is 0 Å². The Morgan fingerprint density at radius 3 is 1.43 bits per heavy atom. The van der Waals surface area contributed by atoms with Crippen LogP contribution in [0, 0.1) is 23.3 Å². The number of nitrogens with zero attached hydrogens (tertiary/aromatic N) is 13.